The van der Waals surface area contributed by atoms with Crippen LogP contribution in [0.5, 0.6) is 5.75 Å². The van der Waals surface area contributed by atoms with E-state index >= 15 is 0 Å². The van der Waals surface area contributed by atoms with Gasteiger partial charge in [-0.1, -0.05) is 22.0 Å². The van der Waals surface area contributed by atoms with Gasteiger partial charge in [-0.3, -0.25) is 4.90 Å². The van der Waals surface area contributed by atoms with Gasteiger partial charge < -0.3 is 10.1 Å². The van der Waals surface area contributed by atoms with Gasteiger partial charge in [0.05, 0.1) is 7.11 Å². The molecule has 1 N–H and O–H groups in total. The summed E-state index contributed by atoms with van der Waals surface area (Å²) in [6, 6.07) is 6.65. The number of nitrogens with zero attached hydrogens (tertiary/aromatic N) is 1. The predicted octanol–water partition coefficient (Wildman–Crippen LogP) is 4.21. The Labute approximate surface area is 154 Å². The average Bonchev–Trinajstić information content (AvgIpc) is 2.50. The molecule has 0 unspecified atom stereocenters. The zero-order valence-electron chi connectivity index (χ0n) is 12.9. The summed E-state index contributed by atoms with van der Waals surface area (Å²) in [5.74, 6) is 0.918. The third-order valence-corrected chi connectivity index (χ3v) is 4.52. The van der Waals surface area contributed by atoms with Crippen molar-refractivity contribution in [3.63, 3.8) is 0 Å². The van der Waals surface area contributed by atoms with E-state index in [1.807, 2.05) is 12.1 Å². The predicted molar refractivity (Wildman–Crippen MR) is 102 cm³/mol. The van der Waals surface area contributed by atoms with E-state index < -0.39 is 0 Å². The molecule has 6 heteroatoms. The first kappa shape index (κ1) is 21.7. The lowest BCUT2D eigenvalue weighted by Gasteiger charge is -2.35. The second-order valence-corrected chi connectivity index (χ2v) is 5.91. The minimum Gasteiger partial charge on any atom is -0.497 e. The molecule has 3 nitrogen and oxygen atoms in total. The van der Waals surface area contributed by atoms with Crippen LogP contribution in [0.1, 0.15) is 24.4 Å². The van der Waals surface area contributed by atoms with Crippen LogP contribution in [0.3, 0.4) is 0 Å². The number of benzene rings is 1. The van der Waals surface area contributed by atoms with Crippen LogP contribution < -0.4 is 10.1 Å². The zero-order valence-corrected chi connectivity index (χ0v) is 16.1. The van der Waals surface area contributed by atoms with Crippen molar-refractivity contribution in [3.8, 4) is 5.75 Å². The summed E-state index contributed by atoms with van der Waals surface area (Å²) < 4.78 is 6.54. The van der Waals surface area contributed by atoms with Gasteiger partial charge in [-0.2, -0.15) is 0 Å². The number of piperazine rings is 1. The molecule has 22 heavy (non-hydrogen) atoms. The highest BCUT2D eigenvalue weighted by Gasteiger charge is 2.23. The highest BCUT2D eigenvalue weighted by Crippen LogP contribution is 2.34. The molecule has 1 atom stereocenters. The Bertz CT molecular complexity index is 454. The summed E-state index contributed by atoms with van der Waals surface area (Å²) in [5.41, 5.74) is 1.31. The number of halogens is 3. The molecule has 1 heterocycles. The van der Waals surface area contributed by atoms with Crippen molar-refractivity contribution in [1.29, 1.82) is 0 Å². The van der Waals surface area contributed by atoms with Gasteiger partial charge in [0.15, 0.2) is 0 Å². The van der Waals surface area contributed by atoms with Crippen molar-refractivity contribution in [2.75, 3.05) is 33.3 Å². The molecule has 1 aliphatic rings. The summed E-state index contributed by atoms with van der Waals surface area (Å²) >= 11 is 3.70. The zero-order chi connectivity index (χ0) is 14.4. The number of ether oxygens (including phenoxy) is 1. The van der Waals surface area contributed by atoms with Gasteiger partial charge in [0.1, 0.15) is 5.75 Å². The lowest BCUT2D eigenvalue weighted by Crippen LogP contribution is -2.45. The molecule has 2 rings (SSSR count). The van der Waals surface area contributed by atoms with Crippen LogP contribution in [0, 0.1) is 0 Å². The summed E-state index contributed by atoms with van der Waals surface area (Å²) in [6.45, 7) is 8.16. The van der Waals surface area contributed by atoms with Gasteiger partial charge in [-0.25, -0.2) is 0 Å². The quantitative estimate of drug-likeness (QED) is 0.709. The van der Waals surface area contributed by atoms with Crippen molar-refractivity contribution in [2.45, 2.75) is 18.9 Å². The fourth-order valence-electron chi connectivity index (χ4n) is 2.71. The molecule has 0 bridgehead atoms. The number of hydrogen-bond donors (Lipinski definition) is 1. The van der Waals surface area contributed by atoms with Crippen LogP contribution in [0.2, 0.25) is 0 Å². The number of hydrogen-bond acceptors (Lipinski definition) is 3. The number of methoxy groups -OCH3 is 1. The van der Waals surface area contributed by atoms with Crippen LogP contribution >= 0.6 is 40.7 Å². The monoisotopic (exact) mass is 410 g/mol. The van der Waals surface area contributed by atoms with E-state index in [0.29, 0.717) is 6.04 Å². The minimum atomic E-state index is 0. The maximum atomic E-state index is 5.38. The third-order valence-electron chi connectivity index (χ3n) is 3.80. The first-order valence-electron chi connectivity index (χ1n) is 7.15. The molecule has 126 valence electrons. The highest BCUT2D eigenvalue weighted by molar-refractivity contribution is 9.10. The maximum absolute atomic E-state index is 5.38. The van der Waals surface area contributed by atoms with E-state index in [4.69, 9.17) is 4.74 Å². The van der Waals surface area contributed by atoms with Gasteiger partial charge >= 0.3 is 0 Å². The molecule has 0 radical (unpaired) electrons. The smallest absolute Gasteiger partial charge is 0.119 e. The van der Waals surface area contributed by atoms with Crippen molar-refractivity contribution in [1.82, 2.24) is 10.2 Å². The fourth-order valence-corrected chi connectivity index (χ4v) is 3.22. The summed E-state index contributed by atoms with van der Waals surface area (Å²) in [4.78, 5) is 2.56. The van der Waals surface area contributed by atoms with Gasteiger partial charge in [0.2, 0.25) is 0 Å². The first-order chi connectivity index (χ1) is 9.76. The van der Waals surface area contributed by atoms with E-state index in [1.165, 1.54) is 5.56 Å². The molecular formula is C16H25BrCl2N2O. The molecule has 1 fully saturated rings. The van der Waals surface area contributed by atoms with Crippen molar-refractivity contribution < 1.29 is 4.74 Å². The average molecular weight is 412 g/mol. The Morgan fingerprint density at radius 1 is 1.36 bits per heavy atom. The Morgan fingerprint density at radius 2 is 2.05 bits per heavy atom. The highest BCUT2D eigenvalue weighted by atomic mass is 79.9. The SMILES string of the molecule is C=CCC[C@@H](c1cc(OC)ccc1Br)N1CCNCC1.Cl.Cl. The van der Waals surface area contributed by atoms with Gasteiger partial charge in [-0.05, 0) is 36.6 Å². The van der Waals surface area contributed by atoms with E-state index in [9.17, 15) is 0 Å². The Kier molecular flexibility index (Phi) is 11.2. The van der Waals surface area contributed by atoms with E-state index in [0.717, 1.165) is 49.2 Å². The lowest BCUT2D eigenvalue weighted by atomic mass is 9.99. The molecule has 0 spiro atoms. The maximum Gasteiger partial charge on any atom is 0.119 e. The van der Waals surface area contributed by atoms with Gasteiger partial charge in [-0.15, -0.1) is 31.4 Å². The molecule has 0 saturated carbocycles. The number of rotatable bonds is 6. The second kappa shape index (κ2) is 11.3. The molecule has 1 aliphatic heterocycles. The molecular weight excluding hydrogens is 387 g/mol. The molecule has 1 aromatic carbocycles. The van der Waals surface area contributed by atoms with E-state index in [1.54, 1.807) is 7.11 Å². The summed E-state index contributed by atoms with van der Waals surface area (Å²) in [7, 11) is 1.72. The first-order valence-corrected chi connectivity index (χ1v) is 7.94. The number of nitrogens with one attached hydrogen (secondary N) is 1. The van der Waals surface area contributed by atoms with Crippen molar-refractivity contribution in [3.05, 3.63) is 40.9 Å². The van der Waals surface area contributed by atoms with Gasteiger partial charge in [0, 0.05) is 36.7 Å². The minimum absolute atomic E-state index is 0. The van der Waals surface area contributed by atoms with Crippen molar-refractivity contribution >= 4 is 40.7 Å². The van der Waals surface area contributed by atoms with Crippen LogP contribution in [0.15, 0.2) is 35.3 Å². The van der Waals surface area contributed by atoms with Gasteiger partial charge in [0.25, 0.3) is 0 Å². The topological polar surface area (TPSA) is 24.5 Å². The van der Waals surface area contributed by atoms with Crippen LogP contribution in [0.25, 0.3) is 0 Å². The third kappa shape index (κ3) is 5.74. The molecule has 0 aromatic heterocycles. The normalized spacial score (nSPS) is 16.1. The molecule has 1 saturated heterocycles. The van der Waals surface area contributed by atoms with Crippen LogP contribution in [-0.4, -0.2) is 38.2 Å². The Balaban J connectivity index is 0.00000220. The Morgan fingerprint density at radius 3 is 2.64 bits per heavy atom. The lowest BCUT2D eigenvalue weighted by molar-refractivity contribution is 0.165. The van der Waals surface area contributed by atoms with Crippen molar-refractivity contribution in [2.24, 2.45) is 0 Å². The van der Waals surface area contributed by atoms with Crippen LogP contribution in [-0.2, 0) is 0 Å². The van der Waals surface area contributed by atoms with E-state index in [-0.39, 0.29) is 24.8 Å². The van der Waals surface area contributed by atoms with E-state index in [2.05, 4.69) is 44.9 Å². The second-order valence-electron chi connectivity index (χ2n) is 5.06. The van der Waals surface area contributed by atoms with Crippen LogP contribution in [0.4, 0.5) is 0 Å². The standard InChI is InChI=1S/C16H23BrN2O.2ClH/c1-3-4-5-16(19-10-8-18-9-11-19)14-12-13(20-2)6-7-15(14)17;;/h3,6-7,12,16,18H,1,4-5,8-11H2,2H3;2*1H/t16-;;/m0../s1. The fraction of sp³-hybridized carbons (Fsp3) is 0.500. The molecule has 0 amide bonds. The largest absolute Gasteiger partial charge is 0.497 e. The number of allylic oxidation sites excluding steroid dienone is 1. The molecule has 1 aromatic rings. The summed E-state index contributed by atoms with van der Waals surface area (Å²) in [5, 5.41) is 3.42. The summed E-state index contributed by atoms with van der Waals surface area (Å²) in [6.07, 6.45) is 4.12. The Hall–Kier alpha value is -0.260. The molecule has 0 aliphatic carbocycles.